The fourth-order valence-electron chi connectivity index (χ4n) is 4.11. The van der Waals surface area contributed by atoms with E-state index in [0.717, 1.165) is 5.56 Å². The number of amides is 1. The minimum absolute atomic E-state index is 0.0664. The van der Waals surface area contributed by atoms with E-state index in [1.807, 2.05) is 49.1 Å². The molecular weight excluding hydrogens is 430 g/mol. The van der Waals surface area contributed by atoms with Gasteiger partial charge in [-0.1, -0.05) is 51.1 Å². The van der Waals surface area contributed by atoms with Crippen LogP contribution in [-0.4, -0.2) is 55.1 Å². The zero-order valence-corrected chi connectivity index (χ0v) is 21.7. The summed E-state index contributed by atoms with van der Waals surface area (Å²) >= 11 is 6.63. The van der Waals surface area contributed by atoms with Crippen LogP contribution in [0.25, 0.3) is 0 Å². The number of alkyl halides is 1. The molecule has 0 unspecified atom stereocenters. The number of carbonyl (C=O) groups is 1. The SMILES string of the molecule is CC1(C)O[C@@H]2C[C@@H](O[Si](C)(C)C(C)(C)C)CN(Cc3ccccc3)C(=O)[C@H](Cl)C[C@H]2O1. The minimum Gasteiger partial charge on any atom is -0.412 e. The summed E-state index contributed by atoms with van der Waals surface area (Å²) in [6.07, 6.45) is 0.620. The fourth-order valence-corrected chi connectivity index (χ4v) is 5.78. The molecule has 31 heavy (non-hydrogen) atoms. The van der Waals surface area contributed by atoms with Gasteiger partial charge in [0.1, 0.15) is 5.38 Å². The summed E-state index contributed by atoms with van der Waals surface area (Å²) in [7, 11) is -2.06. The summed E-state index contributed by atoms with van der Waals surface area (Å²) in [5, 5.41) is -0.583. The van der Waals surface area contributed by atoms with Crippen molar-refractivity contribution in [1.29, 1.82) is 0 Å². The Kier molecular flexibility index (Phi) is 7.29. The highest BCUT2D eigenvalue weighted by atomic mass is 35.5. The van der Waals surface area contributed by atoms with Crippen molar-refractivity contribution in [2.24, 2.45) is 0 Å². The Labute approximate surface area is 193 Å². The molecule has 5 nitrogen and oxygen atoms in total. The van der Waals surface area contributed by atoms with E-state index in [9.17, 15) is 4.79 Å². The quantitative estimate of drug-likeness (QED) is 0.443. The molecule has 0 saturated carbocycles. The minimum atomic E-state index is -2.06. The average molecular weight is 468 g/mol. The molecule has 2 saturated heterocycles. The number of benzene rings is 1. The molecule has 7 heteroatoms. The Balaban J connectivity index is 1.90. The Morgan fingerprint density at radius 2 is 1.71 bits per heavy atom. The lowest BCUT2D eigenvalue weighted by atomic mass is 10.0. The maximum Gasteiger partial charge on any atom is 0.241 e. The number of rotatable bonds is 4. The molecule has 0 aliphatic carbocycles. The molecule has 0 aromatic heterocycles. The molecule has 2 fully saturated rings. The summed E-state index contributed by atoms with van der Waals surface area (Å²) < 4.78 is 19.2. The normalized spacial score (nSPS) is 29.8. The fraction of sp³-hybridized carbons (Fsp3) is 0.708. The van der Waals surface area contributed by atoms with E-state index in [1.165, 1.54) is 0 Å². The molecule has 2 aliphatic heterocycles. The Morgan fingerprint density at radius 1 is 1.13 bits per heavy atom. The van der Waals surface area contributed by atoms with Crippen molar-refractivity contribution in [1.82, 2.24) is 4.90 Å². The van der Waals surface area contributed by atoms with Gasteiger partial charge in [-0.3, -0.25) is 4.79 Å². The van der Waals surface area contributed by atoms with Gasteiger partial charge in [0.05, 0.1) is 18.3 Å². The molecule has 3 rings (SSSR count). The number of carbonyl (C=O) groups excluding carboxylic acids is 1. The second kappa shape index (κ2) is 9.14. The van der Waals surface area contributed by atoms with Gasteiger partial charge < -0.3 is 18.8 Å². The maximum absolute atomic E-state index is 13.4. The van der Waals surface area contributed by atoms with Crippen LogP contribution in [0.5, 0.6) is 0 Å². The van der Waals surface area contributed by atoms with Gasteiger partial charge in [-0.15, -0.1) is 11.6 Å². The smallest absolute Gasteiger partial charge is 0.241 e. The molecular formula is C24H38ClNO4Si. The topological polar surface area (TPSA) is 48.0 Å². The van der Waals surface area contributed by atoms with Gasteiger partial charge in [-0.25, -0.2) is 0 Å². The van der Waals surface area contributed by atoms with Gasteiger partial charge in [-0.05, 0) is 37.5 Å². The van der Waals surface area contributed by atoms with E-state index in [4.69, 9.17) is 25.5 Å². The molecule has 0 spiro atoms. The number of nitrogens with zero attached hydrogens (tertiary/aromatic N) is 1. The molecule has 4 atom stereocenters. The number of hydrogen-bond donors (Lipinski definition) is 0. The molecule has 1 aromatic rings. The van der Waals surface area contributed by atoms with E-state index >= 15 is 0 Å². The molecule has 0 bridgehead atoms. The zero-order chi connectivity index (χ0) is 23.0. The average Bonchev–Trinajstić information content (AvgIpc) is 2.93. The van der Waals surface area contributed by atoms with Gasteiger partial charge in [-0.2, -0.15) is 0 Å². The van der Waals surface area contributed by atoms with Gasteiger partial charge in [0.25, 0.3) is 0 Å². The first kappa shape index (κ1) is 24.7. The highest BCUT2D eigenvalue weighted by Gasteiger charge is 2.47. The van der Waals surface area contributed by atoms with Crippen LogP contribution in [0.3, 0.4) is 0 Å². The highest BCUT2D eigenvalue weighted by Crippen LogP contribution is 2.40. The second-order valence-corrected chi connectivity index (χ2v) is 16.1. The molecule has 2 aliphatic rings. The van der Waals surface area contributed by atoms with Crippen molar-refractivity contribution in [3.05, 3.63) is 35.9 Å². The van der Waals surface area contributed by atoms with E-state index in [-0.39, 0.29) is 29.3 Å². The molecule has 1 aromatic carbocycles. The predicted octanol–water partition coefficient (Wildman–Crippen LogP) is 5.33. The van der Waals surface area contributed by atoms with E-state index in [0.29, 0.717) is 25.9 Å². The van der Waals surface area contributed by atoms with E-state index < -0.39 is 19.5 Å². The lowest BCUT2D eigenvalue weighted by Gasteiger charge is -2.41. The van der Waals surface area contributed by atoms with Crippen LogP contribution in [0.1, 0.15) is 53.0 Å². The summed E-state index contributed by atoms with van der Waals surface area (Å²) in [6, 6.07) is 10.0. The zero-order valence-electron chi connectivity index (χ0n) is 20.0. The standard InChI is InChI=1S/C24H38ClNO4Si/c1-23(2,3)31(6,7)30-18-13-20-21(29-24(4,5)28-20)14-19(25)22(27)26(16-18)15-17-11-9-8-10-12-17/h8-12,18-21H,13-16H2,1-7H3/t18-,19-,20-,21-/m1/s1. The third-order valence-corrected chi connectivity index (χ3v) is 11.6. The first-order chi connectivity index (χ1) is 14.3. The Morgan fingerprint density at radius 3 is 2.29 bits per heavy atom. The molecule has 2 heterocycles. The molecule has 174 valence electrons. The maximum atomic E-state index is 13.4. The number of hydrogen-bond acceptors (Lipinski definition) is 4. The van der Waals surface area contributed by atoms with Gasteiger partial charge >= 0.3 is 0 Å². The Hall–Kier alpha value is -0.923. The Bertz CT molecular complexity index is 765. The van der Waals surface area contributed by atoms with Crippen molar-refractivity contribution in [2.75, 3.05) is 6.54 Å². The van der Waals surface area contributed by atoms with E-state index in [1.54, 1.807) is 0 Å². The lowest BCUT2D eigenvalue weighted by molar-refractivity contribution is -0.151. The van der Waals surface area contributed by atoms with Crippen molar-refractivity contribution in [3.8, 4) is 0 Å². The van der Waals surface area contributed by atoms with Crippen LogP contribution in [-0.2, 0) is 25.2 Å². The summed E-state index contributed by atoms with van der Waals surface area (Å²) in [5.74, 6) is -0.747. The van der Waals surface area contributed by atoms with Crippen LogP contribution in [0.2, 0.25) is 18.1 Å². The largest absolute Gasteiger partial charge is 0.412 e. The molecule has 0 N–H and O–H groups in total. The third kappa shape index (κ3) is 6.11. The van der Waals surface area contributed by atoms with Crippen LogP contribution in [0.4, 0.5) is 0 Å². The van der Waals surface area contributed by atoms with E-state index in [2.05, 4.69) is 33.9 Å². The molecule has 0 radical (unpaired) electrons. The van der Waals surface area contributed by atoms with Gasteiger partial charge in [0.2, 0.25) is 5.91 Å². The third-order valence-electron chi connectivity index (χ3n) is 6.71. The predicted molar refractivity (Wildman–Crippen MR) is 127 cm³/mol. The summed E-state index contributed by atoms with van der Waals surface area (Å²) in [4.78, 5) is 15.2. The highest BCUT2D eigenvalue weighted by molar-refractivity contribution is 6.74. The van der Waals surface area contributed by atoms with Crippen molar-refractivity contribution in [2.45, 2.75) is 102 Å². The van der Waals surface area contributed by atoms with Crippen molar-refractivity contribution >= 4 is 25.8 Å². The second-order valence-electron chi connectivity index (χ2n) is 10.9. The first-order valence-corrected chi connectivity index (χ1v) is 14.6. The summed E-state index contributed by atoms with van der Waals surface area (Å²) in [5.41, 5.74) is 1.08. The lowest BCUT2D eigenvalue weighted by Crippen LogP contribution is -2.49. The first-order valence-electron chi connectivity index (χ1n) is 11.3. The van der Waals surface area contributed by atoms with Crippen LogP contribution < -0.4 is 0 Å². The van der Waals surface area contributed by atoms with Crippen LogP contribution in [0, 0.1) is 0 Å². The monoisotopic (exact) mass is 467 g/mol. The van der Waals surface area contributed by atoms with Gasteiger partial charge in [0.15, 0.2) is 14.1 Å². The van der Waals surface area contributed by atoms with Crippen LogP contribution >= 0.6 is 11.6 Å². The number of fused-ring (bicyclic) bond motifs is 1. The van der Waals surface area contributed by atoms with Crippen molar-refractivity contribution < 1.29 is 18.7 Å². The molecule has 1 amide bonds. The summed E-state index contributed by atoms with van der Waals surface area (Å²) in [6.45, 7) is 16.1. The number of halogens is 1. The van der Waals surface area contributed by atoms with Gasteiger partial charge in [0, 0.05) is 25.9 Å². The van der Waals surface area contributed by atoms with Crippen LogP contribution in [0.15, 0.2) is 30.3 Å². The number of ether oxygens (including phenoxy) is 2. The van der Waals surface area contributed by atoms with Crippen molar-refractivity contribution in [3.63, 3.8) is 0 Å².